The molecule has 0 bridgehead atoms. The van der Waals surface area contributed by atoms with E-state index in [9.17, 15) is 9.18 Å². The maximum Gasteiger partial charge on any atom is 0.226 e. The quantitative estimate of drug-likeness (QED) is 0.489. The summed E-state index contributed by atoms with van der Waals surface area (Å²) in [4.78, 5) is 13.3. The van der Waals surface area contributed by atoms with Crippen molar-refractivity contribution in [3.8, 4) is 11.1 Å². The number of hydrogen-bond acceptors (Lipinski definition) is 3. The third kappa shape index (κ3) is 5.54. The molecular formula is C27H29FN2O2. The van der Waals surface area contributed by atoms with Crippen LogP contribution in [-0.2, 0) is 16.0 Å². The lowest BCUT2D eigenvalue weighted by Crippen LogP contribution is -2.47. The smallest absolute Gasteiger partial charge is 0.226 e. The number of ether oxygens (including phenoxy) is 1. The van der Waals surface area contributed by atoms with Crippen molar-refractivity contribution in [2.24, 2.45) is 5.41 Å². The summed E-state index contributed by atoms with van der Waals surface area (Å²) in [7, 11) is 0. The summed E-state index contributed by atoms with van der Waals surface area (Å²) < 4.78 is 19.2. The number of anilines is 1. The van der Waals surface area contributed by atoms with Gasteiger partial charge < -0.3 is 15.4 Å². The molecule has 4 nitrogen and oxygen atoms in total. The van der Waals surface area contributed by atoms with E-state index in [0.717, 1.165) is 22.4 Å². The SMILES string of the molecule is O=C(NCCNc1ccccc1)C1(Cc2cccc(-c3cccc(F)c3)c2)CCOCC1. The van der Waals surface area contributed by atoms with E-state index in [1.54, 1.807) is 6.07 Å². The number of carbonyl (C=O) groups is 1. The van der Waals surface area contributed by atoms with Crippen molar-refractivity contribution in [3.63, 3.8) is 0 Å². The van der Waals surface area contributed by atoms with Crippen LogP contribution in [0.3, 0.4) is 0 Å². The number of hydrogen-bond donors (Lipinski definition) is 2. The van der Waals surface area contributed by atoms with Gasteiger partial charge in [0.05, 0.1) is 5.41 Å². The molecule has 1 aliphatic heterocycles. The Labute approximate surface area is 188 Å². The molecule has 166 valence electrons. The van der Waals surface area contributed by atoms with E-state index >= 15 is 0 Å². The first-order valence-corrected chi connectivity index (χ1v) is 11.1. The van der Waals surface area contributed by atoms with Gasteiger partial charge in [-0.05, 0) is 60.2 Å². The highest BCUT2D eigenvalue weighted by Gasteiger charge is 2.39. The van der Waals surface area contributed by atoms with Crippen LogP contribution in [0.15, 0.2) is 78.9 Å². The third-order valence-electron chi connectivity index (χ3n) is 6.07. The summed E-state index contributed by atoms with van der Waals surface area (Å²) in [6.45, 7) is 2.38. The Kier molecular flexibility index (Phi) is 7.17. The van der Waals surface area contributed by atoms with Crippen molar-refractivity contribution >= 4 is 11.6 Å². The van der Waals surface area contributed by atoms with Crippen molar-refractivity contribution in [1.29, 1.82) is 0 Å². The lowest BCUT2D eigenvalue weighted by Gasteiger charge is -2.36. The van der Waals surface area contributed by atoms with Crippen molar-refractivity contribution in [2.75, 3.05) is 31.6 Å². The molecule has 0 atom stereocenters. The molecule has 1 heterocycles. The Bertz CT molecular complexity index is 1030. The standard InChI is InChI=1S/C27H29FN2O2/c28-24-9-5-8-23(19-24)22-7-4-6-21(18-22)20-27(12-16-32-17-13-27)26(31)30-15-14-29-25-10-2-1-3-11-25/h1-11,18-19,29H,12-17,20H2,(H,30,31). The maximum absolute atomic E-state index is 13.7. The summed E-state index contributed by atoms with van der Waals surface area (Å²) in [5.74, 6) is -0.177. The first kappa shape index (κ1) is 22.0. The van der Waals surface area contributed by atoms with Crippen molar-refractivity contribution in [3.05, 3.63) is 90.2 Å². The first-order valence-electron chi connectivity index (χ1n) is 11.1. The van der Waals surface area contributed by atoms with Crippen LogP contribution in [0.5, 0.6) is 0 Å². The van der Waals surface area contributed by atoms with Crippen molar-refractivity contribution < 1.29 is 13.9 Å². The van der Waals surface area contributed by atoms with Gasteiger partial charge in [-0.25, -0.2) is 4.39 Å². The maximum atomic E-state index is 13.7. The number of rotatable bonds is 8. The highest BCUT2D eigenvalue weighted by Crippen LogP contribution is 2.35. The van der Waals surface area contributed by atoms with Gasteiger partial charge in [-0.2, -0.15) is 0 Å². The molecule has 0 spiro atoms. The number of halogens is 1. The molecule has 32 heavy (non-hydrogen) atoms. The van der Waals surface area contributed by atoms with Gasteiger partial charge in [-0.1, -0.05) is 54.6 Å². The summed E-state index contributed by atoms with van der Waals surface area (Å²) >= 11 is 0. The number of carbonyl (C=O) groups excluding carboxylic acids is 1. The van der Waals surface area contributed by atoms with Crippen LogP contribution in [0, 0.1) is 11.2 Å². The zero-order chi connectivity index (χ0) is 22.2. The molecule has 1 saturated heterocycles. The molecule has 4 rings (SSSR count). The van der Waals surface area contributed by atoms with E-state index in [-0.39, 0.29) is 11.7 Å². The van der Waals surface area contributed by atoms with Gasteiger partial charge in [0, 0.05) is 32.0 Å². The Hall–Kier alpha value is -3.18. The molecule has 0 saturated carbocycles. The van der Waals surface area contributed by atoms with E-state index < -0.39 is 5.41 Å². The highest BCUT2D eigenvalue weighted by atomic mass is 19.1. The molecule has 5 heteroatoms. The summed E-state index contributed by atoms with van der Waals surface area (Å²) in [6, 6.07) is 24.6. The Morgan fingerprint density at radius 1 is 0.875 bits per heavy atom. The fourth-order valence-electron chi connectivity index (χ4n) is 4.29. The summed E-state index contributed by atoms with van der Waals surface area (Å²) in [5.41, 5.74) is 3.41. The number of nitrogens with one attached hydrogen (secondary N) is 2. The first-order chi connectivity index (χ1) is 15.6. The average molecular weight is 433 g/mol. The normalized spacial score (nSPS) is 15.2. The van der Waals surface area contributed by atoms with Gasteiger partial charge in [-0.15, -0.1) is 0 Å². The van der Waals surface area contributed by atoms with E-state index in [0.29, 0.717) is 45.6 Å². The lowest BCUT2D eigenvalue weighted by molar-refractivity contribution is -0.136. The van der Waals surface area contributed by atoms with Crippen LogP contribution < -0.4 is 10.6 Å². The predicted octanol–water partition coefficient (Wildman–Crippen LogP) is 5.06. The molecule has 0 aromatic heterocycles. The second-order valence-electron chi connectivity index (χ2n) is 8.33. The number of para-hydroxylation sites is 1. The minimum absolute atomic E-state index is 0.0758. The molecule has 0 unspecified atom stereocenters. The van der Waals surface area contributed by atoms with Gasteiger partial charge in [0.2, 0.25) is 5.91 Å². The fourth-order valence-corrected chi connectivity index (χ4v) is 4.29. The minimum Gasteiger partial charge on any atom is -0.383 e. The molecule has 3 aromatic carbocycles. The predicted molar refractivity (Wildman–Crippen MR) is 126 cm³/mol. The molecular weight excluding hydrogens is 403 g/mol. The molecule has 1 amide bonds. The molecule has 2 N–H and O–H groups in total. The van der Waals surface area contributed by atoms with E-state index in [1.807, 2.05) is 54.6 Å². The van der Waals surface area contributed by atoms with Gasteiger partial charge in [0.25, 0.3) is 0 Å². The number of amides is 1. The van der Waals surface area contributed by atoms with Crippen LogP contribution in [0.25, 0.3) is 11.1 Å². The lowest BCUT2D eigenvalue weighted by atomic mass is 9.74. The highest BCUT2D eigenvalue weighted by molar-refractivity contribution is 5.83. The van der Waals surface area contributed by atoms with Crippen LogP contribution in [0.1, 0.15) is 18.4 Å². The minimum atomic E-state index is -0.494. The van der Waals surface area contributed by atoms with Gasteiger partial charge in [-0.3, -0.25) is 4.79 Å². The van der Waals surface area contributed by atoms with Crippen molar-refractivity contribution in [2.45, 2.75) is 19.3 Å². The molecule has 0 aliphatic carbocycles. The Balaban J connectivity index is 1.43. The third-order valence-corrected chi connectivity index (χ3v) is 6.07. The van der Waals surface area contributed by atoms with Crippen LogP contribution in [-0.4, -0.2) is 32.2 Å². The van der Waals surface area contributed by atoms with Crippen LogP contribution in [0.2, 0.25) is 0 Å². The Morgan fingerprint density at radius 2 is 1.59 bits per heavy atom. The Morgan fingerprint density at radius 3 is 2.34 bits per heavy atom. The largest absolute Gasteiger partial charge is 0.383 e. The van der Waals surface area contributed by atoms with Crippen LogP contribution in [0.4, 0.5) is 10.1 Å². The van der Waals surface area contributed by atoms with E-state index in [4.69, 9.17) is 4.74 Å². The zero-order valence-corrected chi connectivity index (χ0v) is 18.1. The molecule has 3 aromatic rings. The van der Waals surface area contributed by atoms with Gasteiger partial charge >= 0.3 is 0 Å². The number of benzene rings is 3. The molecule has 1 fully saturated rings. The second-order valence-corrected chi connectivity index (χ2v) is 8.33. The molecule has 1 aliphatic rings. The summed E-state index contributed by atoms with van der Waals surface area (Å²) in [6.07, 6.45) is 2.02. The topological polar surface area (TPSA) is 50.4 Å². The zero-order valence-electron chi connectivity index (χ0n) is 18.1. The van der Waals surface area contributed by atoms with Gasteiger partial charge in [0.15, 0.2) is 0 Å². The summed E-state index contributed by atoms with van der Waals surface area (Å²) in [5, 5.41) is 6.46. The monoisotopic (exact) mass is 432 g/mol. The van der Waals surface area contributed by atoms with Crippen LogP contribution >= 0.6 is 0 Å². The fraction of sp³-hybridized carbons (Fsp3) is 0.296. The van der Waals surface area contributed by atoms with E-state index in [1.165, 1.54) is 12.1 Å². The van der Waals surface area contributed by atoms with Gasteiger partial charge in [0.1, 0.15) is 5.82 Å². The second kappa shape index (κ2) is 10.4. The average Bonchev–Trinajstić information content (AvgIpc) is 2.83. The van der Waals surface area contributed by atoms with E-state index in [2.05, 4.69) is 16.7 Å². The van der Waals surface area contributed by atoms with Crippen molar-refractivity contribution in [1.82, 2.24) is 5.32 Å². The molecule has 0 radical (unpaired) electrons.